The highest BCUT2D eigenvalue weighted by Gasteiger charge is 2.00. The number of thiocarbonyl (C=S) groups is 1. The van der Waals surface area contributed by atoms with Gasteiger partial charge in [-0.2, -0.15) is 0 Å². The van der Waals surface area contributed by atoms with Gasteiger partial charge in [0.25, 0.3) is 0 Å². The summed E-state index contributed by atoms with van der Waals surface area (Å²) in [6.07, 6.45) is 1.34. The Morgan fingerprint density at radius 3 is 2.62 bits per heavy atom. The van der Waals surface area contributed by atoms with Crippen LogP contribution in [0.25, 0.3) is 0 Å². The van der Waals surface area contributed by atoms with Gasteiger partial charge in [-0.15, -0.1) is 0 Å². The van der Waals surface area contributed by atoms with Crippen molar-refractivity contribution in [2.24, 2.45) is 0 Å². The molecule has 1 rings (SSSR count). The Hall–Kier alpha value is -1.42. The molecule has 3 nitrogen and oxygen atoms in total. The molecule has 86 valence electrons. The first kappa shape index (κ1) is 12.6. The molecule has 0 aliphatic heterocycles. The van der Waals surface area contributed by atoms with Crippen LogP contribution >= 0.6 is 12.2 Å². The van der Waals surface area contributed by atoms with Crippen LogP contribution in [-0.4, -0.2) is 17.6 Å². The van der Waals surface area contributed by atoms with Gasteiger partial charge in [-0.1, -0.05) is 37.3 Å². The summed E-state index contributed by atoms with van der Waals surface area (Å²) in [5.74, 6) is -0.0581. The topological polar surface area (TPSA) is 41.1 Å². The second kappa shape index (κ2) is 6.95. The quantitative estimate of drug-likeness (QED) is 0.781. The Labute approximate surface area is 101 Å². The zero-order valence-electron chi connectivity index (χ0n) is 9.32. The normalized spacial score (nSPS) is 9.56. The summed E-state index contributed by atoms with van der Waals surface area (Å²) in [6.45, 7) is 2.52. The van der Waals surface area contributed by atoms with E-state index in [0.717, 1.165) is 13.0 Å². The molecule has 0 spiro atoms. The van der Waals surface area contributed by atoms with Crippen LogP contribution in [-0.2, 0) is 11.2 Å². The van der Waals surface area contributed by atoms with E-state index in [4.69, 9.17) is 12.2 Å². The fourth-order valence-electron chi connectivity index (χ4n) is 1.22. The van der Waals surface area contributed by atoms with Crippen molar-refractivity contribution in [2.45, 2.75) is 19.8 Å². The van der Waals surface area contributed by atoms with E-state index in [9.17, 15) is 4.79 Å². The number of carbonyl (C=O) groups excluding carboxylic acids is 1. The van der Waals surface area contributed by atoms with Crippen molar-refractivity contribution in [3.63, 3.8) is 0 Å². The predicted octanol–water partition coefficient (Wildman–Crippen LogP) is 1.63. The standard InChI is InChI=1S/C12H16N2OS/c1-2-11(15)14-12(16)13-9-8-10-6-4-3-5-7-10/h3-7H,2,8-9H2,1H3,(H2,13,14,15,16). The zero-order valence-corrected chi connectivity index (χ0v) is 10.1. The molecule has 0 aliphatic carbocycles. The second-order valence-corrected chi connectivity index (χ2v) is 3.80. The number of rotatable bonds is 4. The van der Waals surface area contributed by atoms with Crippen molar-refractivity contribution in [1.82, 2.24) is 10.6 Å². The molecule has 0 heterocycles. The van der Waals surface area contributed by atoms with Crippen molar-refractivity contribution < 1.29 is 4.79 Å². The van der Waals surface area contributed by atoms with Gasteiger partial charge in [0, 0.05) is 13.0 Å². The lowest BCUT2D eigenvalue weighted by Gasteiger charge is -2.08. The number of hydrogen-bond acceptors (Lipinski definition) is 2. The summed E-state index contributed by atoms with van der Waals surface area (Å²) < 4.78 is 0. The summed E-state index contributed by atoms with van der Waals surface area (Å²) in [5, 5.41) is 6.00. The molecule has 0 aromatic heterocycles. The smallest absolute Gasteiger partial charge is 0.225 e. The van der Waals surface area contributed by atoms with Crippen LogP contribution in [0.15, 0.2) is 30.3 Å². The van der Waals surface area contributed by atoms with E-state index < -0.39 is 0 Å². The number of benzene rings is 1. The highest BCUT2D eigenvalue weighted by Crippen LogP contribution is 1.97. The van der Waals surface area contributed by atoms with Crippen molar-refractivity contribution in [3.05, 3.63) is 35.9 Å². The van der Waals surface area contributed by atoms with E-state index in [1.165, 1.54) is 5.56 Å². The molecular weight excluding hydrogens is 220 g/mol. The van der Waals surface area contributed by atoms with Crippen LogP contribution in [0, 0.1) is 0 Å². The molecule has 0 saturated carbocycles. The highest BCUT2D eigenvalue weighted by molar-refractivity contribution is 7.80. The molecular formula is C12H16N2OS. The summed E-state index contributed by atoms with van der Waals surface area (Å²) in [5.41, 5.74) is 1.25. The number of amides is 1. The molecule has 0 aliphatic rings. The van der Waals surface area contributed by atoms with Gasteiger partial charge in [0.2, 0.25) is 5.91 Å². The van der Waals surface area contributed by atoms with Crippen LogP contribution in [0.2, 0.25) is 0 Å². The molecule has 4 heteroatoms. The van der Waals surface area contributed by atoms with Crippen molar-refractivity contribution in [1.29, 1.82) is 0 Å². The molecule has 0 radical (unpaired) electrons. The van der Waals surface area contributed by atoms with E-state index >= 15 is 0 Å². The van der Waals surface area contributed by atoms with E-state index in [2.05, 4.69) is 22.8 Å². The average molecular weight is 236 g/mol. The van der Waals surface area contributed by atoms with E-state index in [-0.39, 0.29) is 5.91 Å². The maximum atomic E-state index is 11.0. The fraction of sp³-hybridized carbons (Fsp3) is 0.333. The minimum Gasteiger partial charge on any atom is -0.362 e. The van der Waals surface area contributed by atoms with E-state index in [1.54, 1.807) is 6.92 Å². The highest BCUT2D eigenvalue weighted by atomic mass is 32.1. The average Bonchev–Trinajstić information content (AvgIpc) is 2.30. The Kier molecular flexibility index (Phi) is 5.50. The summed E-state index contributed by atoms with van der Waals surface area (Å²) in [6, 6.07) is 10.1. The fourth-order valence-corrected chi connectivity index (χ4v) is 1.44. The lowest BCUT2D eigenvalue weighted by Crippen LogP contribution is -2.39. The third kappa shape index (κ3) is 4.89. The molecule has 1 aromatic rings. The van der Waals surface area contributed by atoms with Crippen molar-refractivity contribution in [3.8, 4) is 0 Å². The molecule has 16 heavy (non-hydrogen) atoms. The predicted molar refractivity (Wildman–Crippen MR) is 69.2 cm³/mol. The van der Waals surface area contributed by atoms with E-state index in [0.29, 0.717) is 11.5 Å². The van der Waals surface area contributed by atoms with Crippen LogP contribution < -0.4 is 10.6 Å². The van der Waals surface area contributed by atoms with Crippen molar-refractivity contribution >= 4 is 23.2 Å². The molecule has 0 bridgehead atoms. The summed E-state index contributed by atoms with van der Waals surface area (Å²) >= 11 is 4.97. The second-order valence-electron chi connectivity index (χ2n) is 3.39. The van der Waals surface area contributed by atoms with Crippen LogP contribution in [0.3, 0.4) is 0 Å². The molecule has 1 aromatic carbocycles. The lowest BCUT2D eigenvalue weighted by atomic mass is 10.1. The monoisotopic (exact) mass is 236 g/mol. The largest absolute Gasteiger partial charge is 0.362 e. The van der Waals surface area contributed by atoms with Gasteiger partial charge in [-0.05, 0) is 24.2 Å². The SMILES string of the molecule is CCC(=O)NC(=S)NCCc1ccccc1. The third-order valence-electron chi connectivity index (χ3n) is 2.12. The van der Waals surface area contributed by atoms with Crippen LogP contribution in [0.1, 0.15) is 18.9 Å². The Morgan fingerprint density at radius 1 is 1.31 bits per heavy atom. The van der Waals surface area contributed by atoms with Gasteiger partial charge < -0.3 is 10.6 Å². The Morgan fingerprint density at radius 2 is 2.00 bits per heavy atom. The molecule has 0 saturated heterocycles. The van der Waals surface area contributed by atoms with Crippen LogP contribution in [0.4, 0.5) is 0 Å². The van der Waals surface area contributed by atoms with Gasteiger partial charge >= 0.3 is 0 Å². The zero-order chi connectivity index (χ0) is 11.8. The molecule has 2 N–H and O–H groups in total. The van der Waals surface area contributed by atoms with Gasteiger partial charge in [-0.25, -0.2) is 0 Å². The van der Waals surface area contributed by atoms with Gasteiger partial charge in [0.05, 0.1) is 0 Å². The minimum absolute atomic E-state index is 0.0581. The summed E-state index contributed by atoms with van der Waals surface area (Å²) in [4.78, 5) is 11.0. The lowest BCUT2D eigenvalue weighted by molar-refractivity contribution is -0.119. The minimum atomic E-state index is -0.0581. The van der Waals surface area contributed by atoms with Gasteiger partial charge in [-0.3, -0.25) is 4.79 Å². The Balaban J connectivity index is 2.21. The Bertz CT molecular complexity index is 351. The molecule has 0 atom stereocenters. The number of carbonyl (C=O) groups is 1. The number of hydrogen-bond donors (Lipinski definition) is 2. The van der Waals surface area contributed by atoms with Gasteiger partial charge in [0.15, 0.2) is 5.11 Å². The third-order valence-corrected chi connectivity index (χ3v) is 2.36. The summed E-state index contributed by atoms with van der Waals surface area (Å²) in [7, 11) is 0. The first-order valence-electron chi connectivity index (χ1n) is 5.34. The van der Waals surface area contributed by atoms with Gasteiger partial charge in [0.1, 0.15) is 0 Å². The molecule has 0 unspecified atom stereocenters. The van der Waals surface area contributed by atoms with E-state index in [1.807, 2.05) is 18.2 Å². The molecule has 1 amide bonds. The maximum absolute atomic E-state index is 11.0. The first-order valence-corrected chi connectivity index (χ1v) is 5.74. The first-order chi connectivity index (χ1) is 7.72. The van der Waals surface area contributed by atoms with Crippen molar-refractivity contribution in [2.75, 3.05) is 6.54 Å². The number of nitrogens with one attached hydrogen (secondary N) is 2. The molecule has 0 fully saturated rings. The van der Waals surface area contributed by atoms with Crippen LogP contribution in [0.5, 0.6) is 0 Å². The maximum Gasteiger partial charge on any atom is 0.225 e.